The summed E-state index contributed by atoms with van der Waals surface area (Å²) in [5.74, 6) is 0. The van der Waals surface area contributed by atoms with E-state index >= 15 is 0 Å². The van der Waals surface area contributed by atoms with Crippen molar-refractivity contribution in [2.45, 2.75) is 19.6 Å². The molecule has 0 spiro atoms. The molecule has 0 fully saturated rings. The van der Waals surface area contributed by atoms with Crippen LogP contribution in [-0.4, -0.2) is 11.9 Å². The lowest BCUT2D eigenvalue weighted by Gasteiger charge is -2.16. The first-order valence-electron chi connectivity index (χ1n) is 5.86. The lowest BCUT2D eigenvalue weighted by molar-refractivity contribution is 0.322. The monoisotopic (exact) mass is 324 g/mol. The Morgan fingerprint density at radius 2 is 2.00 bits per heavy atom. The summed E-state index contributed by atoms with van der Waals surface area (Å²) >= 11 is 5.27. The Bertz CT molecular complexity index is 510. The first-order chi connectivity index (χ1) is 8.67. The second-order valence-corrected chi connectivity index (χ2v) is 6.34. The van der Waals surface area contributed by atoms with Crippen molar-refractivity contribution < 1.29 is 0 Å². The van der Waals surface area contributed by atoms with Gasteiger partial charge in [0, 0.05) is 34.4 Å². The van der Waals surface area contributed by atoms with Gasteiger partial charge in [-0.3, -0.25) is 4.90 Å². The van der Waals surface area contributed by atoms with Gasteiger partial charge in [0.05, 0.1) is 0 Å². The predicted octanol–water partition coefficient (Wildman–Crippen LogP) is 3.60. The van der Waals surface area contributed by atoms with Crippen LogP contribution in [0.15, 0.2) is 40.2 Å². The molecule has 0 atom stereocenters. The minimum absolute atomic E-state index is 0.607. The molecule has 0 aliphatic heterocycles. The fourth-order valence-electron chi connectivity index (χ4n) is 1.93. The van der Waals surface area contributed by atoms with Gasteiger partial charge in [0.15, 0.2) is 0 Å². The average Bonchev–Trinajstić information content (AvgIpc) is 2.74. The van der Waals surface area contributed by atoms with Crippen molar-refractivity contribution in [3.8, 4) is 0 Å². The molecule has 1 aromatic heterocycles. The highest BCUT2D eigenvalue weighted by Crippen LogP contribution is 2.21. The van der Waals surface area contributed by atoms with Gasteiger partial charge in [0.1, 0.15) is 0 Å². The van der Waals surface area contributed by atoms with Crippen LogP contribution in [0.4, 0.5) is 0 Å². The smallest absolute Gasteiger partial charge is 0.0328 e. The summed E-state index contributed by atoms with van der Waals surface area (Å²) in [6, 6.07) is 10.7. The molecule has 0 aliphatic rings. The molecule has 0 amide bonds. The van der Waals surface area contributed by atoms with Gasteiger partial charge in [-0.15, -0.1) is 11.3 Å². The molecular weight excluding hydrogens is 308 g/mol. The lowest BCUT2D eigenvalue weighted by Crippen LogP contribution is -2.16. The van der Waals surface area contributed by atoms with Gasteiger partial charge in [-0.05, 0) is 40.2 Å². The maximum Gasteiger partial charge on any atom is 0.0328 e. The molecule has 2 N–H and O–H groups in total. The maximum atomic E-state index is 5.66. The van der Waals surface area contributed by atoms with E-state index in [-0.39, 0.29) is 0 Å². The number of nitrogens with zero attached hydrogens (tertiary/aromatic N) is 1. The van der Waals surface area contributed by atoms with Crippen LogP contribution in [0.3, 0.4) is 0 Å². The van der Waals surface area contributed by atoms with Gasteiger partial charge in [-0.25, -0.2) is 0 Å². The molecule has 0 saturated carbocycles. The summed E-state index contributed by atoms with van der Waals surface area (Å²) < 4.78 is 1.17. The van der Waals surface area contributed by atoms with Gasteiger partial charge in [0.25, 0.3) is 0 Å². The standard InChI is InChI=1S/C14H17BrN2S/c1-17(9-14-6-13(15)10-18-14)8-12-4-2-3-11(5-12)7-16/h2-6,10H,7-9,16H2,1H3. The van der Waals surface area contributed by atoms with E-state index in [0.29, 0.717) is 6.54 Å². The van der Waals surface area contributed by atoms with Crippen LogP contribution >= 0.6 is 27.3 Å². The molecule has 1 heterocycles. The van der Waals surface area contributed by atoms with Crippen LogP contribution in [0.25, 0.3) is 0 Å². The molecule has 18 heavy (non-hydrogen) atoms. The maximum absolute atomic E-state index is 5.66. The third-order valence-electron chi connectivity index (χ3n) is 2.73. The molecule has 2 aromatic rings. The number of thiophene rings is 1. The third-order valence-corrected chi connectivity index (χ3v) is 4.41. The Kier molecular flexibility index (Phi) is 4.95. The summed E-state index contributed by atoms with van der Waals surface area (Å²) in [6.07, 6.45) is 0. The highest BCUT2D eigenvalue weighted by Gasteiger charge is 2.04. The van der Waals surface area contributed by atoms with Crippen molar-refractivity contribution >= 4 is 27.3 Å². The van der Waals surface area contributed by atoms with Crippen LogP contribution in [-0.2, 0) is 19.6 Å². The van der Waals surface area contributed by atoms with Crippen LogP contribution in [0.5, 0.6) is 0 Å². The Labute approximate surface area is 121 Å². The minimum Gasteiger partial charge on any atom is -0.326 e. The molecule has 0 unspecified atom stereocenters. The first-order valence-corrected chi connectivity index (χ1v) is 7.54. The fourth-order valence-corrected chi connectivity index (χ4v) is 3.46. The van der Waals surface area contributed by atoms with E-state index in [1.807, 2.05) is 0 Å². The largest absolute Gasteiger partial charge is 0.326 e. The van der Waals surface area contributed by atoms with Gasteiger partial charge >= 0.3 is 0 Å². The molecule has 0 radical (unpaired) electrons. The van der Waals surface area contributed by atoms with Gasteiger partial charge in [-0.2, -0.15) is 0 Å². The lowest BCUT2D eigenvalue weighted by atomic mass is 10.1. The molecule has 96 valence electrons. The third kappa shape index (κ3) is 3.92. The van der Waals surface area contributed by atoms with Crippen LogP contribution < -0.4 is 5.73 Å². The number of nitrogens with two attached hydrogens (primary N) is 1. The Balaban J connectivity index is 1.96. The van der Waals surface area contributed by atoms with E-state index in [4.69, 9.17) is 5.73 Å². The van der Waals surface area contributed by atoms with Crippen molar-refractivity contribution in [1.82, 2.24) is 4.90 Å². The van der Waals surface area contributed by atoms with Crippen molar-refractivity contribution in [3.63, 3.8) is 0 Å². The number of benzene rings is 1. The Hall–Kier alpha value is -0.680. The van der Waals surface area contributed by atoms with Crippen molar-refractivity contribution in [2.24, 2.45) is 5.73 Å². The fraction of sp³-hybridized carbons (Fsp3) is 0.286. The highest BCUT2D eigenvalue weighted by molar-refractivity contribution is 9.10. The van der Waals surface area contributed by atoms with E-state index < -0.39 is 0 Å². The van der Waals surface area contributed by atoms with Crippen molar-refractivity contribution in [3.05, 3.63) is 56.2 Å². The van der Waals surface area contributed by atoms with Crippen LogP contribution in [0, 0.1) is 0 Å². The molecule has 0 saturated heterocycles. The van der Waals surface area contributed by atoms with E-state index in [2.05, 4.69) is 63.6 Å². The van der Waals surface area contributed by atoms with Gasteiger partial charge in [0.2, 0.25) is 0 Å². The zero-order valence-electron chi connectivity index (χ0n) is 10.4. The van der Waals surface area contributed by atoms with Crippen LogP contribution in [0.1, 0.15) is 16.0 Å². The zero-order chi connectivity index (χ0) is 13.0. The molecular formula is C14H17BrN2S. The van der Waals surface area contributed by atoms with Gasteiger partial charge in [-0.1, -0.05) is 24.3 Å². The molecule has 4 heteroatoms. The molecule has 2 rings (SSSR count). The summed E-state index contributed by atoms with van der Waals surface area (Å²) in [7, 11) is 2.14. The summed E-state index contributed by atoms with van der Waals surface area (Å²) in [5.41, 5.74) is 8.17. The predicted molar refractivity (Wildman–Crippen MR) is 81.5 cm³/mol. The first kappa shape index (κ1) is 13.7. The van der Waals surface area contributed by atoms with E-state index in [0.717, 1.165) is 13.1 Å². The Morgan fingerprint density at radius 3 is 2.67 bits per heavy atom. The number of halogens is 1. The number of hydrogen-bond acceptors (Lipinski definition) is 3. The van der Waals surface area contributed by atoms with Crippen molar-refractivity contribution in [2.75, 3.05) is 7.05 Å². The SMILES string of the molecule is CN(Cc1cccc(CN)c1)Cc1cc(Br)cs1. The molecule has 0 aliphatic carbocycles. The molecule has 1 aromatic carbocycles. The van der Waals surface area contributed by atoms with E-state index in [9.17, 15) is 0 Å². The highest BCUT2D eigenvalue weighted by atomic mass is 79.9. The Morgan fingerprint density at radius 1 is 1.22 bits per heavy atom. The van der Waals surface area contributed by atoms with Gasteiger partial charge < -0.3 is 5.73 Å². The van der Waals surface area contributed by atoms with Crippen LogP contribution in [0.2, 0.25) is 0 Å². The number of hydrogen-bond donors (Lipinski definition) is 1. The summed E-state index contributed by atoms with van der Waals surface area (Å²) in [6.45, 7) is 2.53. The molecule has 0 bridgehead atoms. The zero-order valence-corrected chi connectivity index (χ0v) is 12.8. The molecule has 2 nitrogen and oxygen atoms in total. The topological polar surface area (TPSA) is 29.3 Å². The quantitative estimate of drug-likeness (QED) is 0.910. The normalized spacial score (nSPS) is 11.1. The second-order valence-electron chi connectivity index (χ2n) is 4.43. The van der Waals surface area contributed by atoms with E-state index in [1.54, 1.807) is 11.3 Å². The average molecular weight is 325 g/mol. The van der Waals surface area contributed by atoms with E-state index in [1.165, 1.54) is 20.5 Å². The summed E-state index contributed by atoms with van der Waals surface area (Å²) in [4.78, 5) is 3.69. The number of rotatable bonds is 5. The van der Waals surface area contributed by atoms with Crippen molar-refractivity contribution in [1.29, 1.82) is 0 Å². The summed E-state index contributed by atoms with van der Waals surface area (Å²) in [5, 5.41) is 2.12. The minimum atomic E-state index is 0.607. The second kappa shape index (κ2) is 6.48.